The molecule has 0 spiro atoms. The fourth-order valence-corrected chi connectivity index (χ4v) is 3.49. The summed E-state index contributed by atoms with van der Waals surface area (Å²) in [6.45, 7) is 5.43. The number of rotatable bonds is 4. The normalized spacial score (nSPS) is 16.9. The summed E-state index contributed by atoms with van der Waals surface area (Å²) in [5, 5.41) is 0. The summed E-state index contributed by atoms with van der Waals surface area (Å²) in [5.74, 6) is -1.25. The molecule has 1 aliphatic heterocycles. The molecule has 1 unspecified atom stereocenters. The minimum absolute atomic E-state index is 0.136. The van der Waals surface area contributed by atoms with Gasteiger partial charge >= 0.3 is 0 Å². The Labute approximate surface area is 168 Å². The quantitative estimate of drug-likeness (QED) is 0.741. The van der Waals surface area contributed by atoms with Crippen LogP contribution in [-0.2, 0) is 9.59 Å². The van der Waals surface area contributed by atoms with Crippen LogP contribution in [-0.4, -0.2) is 41.3 Å². The number of amides is 3. The summed E-state index contributed by atoms with van der Waals surface area (Å²) in [5.41, 5.74) is -0.0779. The molecule has 3 amide bonds. The minimum atomic E-state index is -0.953. The largest absolute Gasteiger partial charge is 0.497 e. The van der Waals surface area contributed by atoms with Gasteiger partial charge in [0, 0.05) is 11.1 Å². The van der Waals surface area contributed by atoms with E-state index in [0.29, 0.717) is 11.3 Å². The van der Waals surface area contributed by atoms with Crippen molar-refractivity contribution in [3.05, 3.63) is 59.9 Å². The first kappa shape index (κ1) is 20.5. The predicted molar refractivity (Wildman–Crippen MR) is 106 cm³/mol. The van der Waals surface area contributed by atoms with Gasteiger partial charge < -0.3 is 9.64 Å². The van der Waals surface area contributed by atoms with Crippen molar-refractivity contribution >= 4 is 23.4 Å². The molecule has 2 aromatic carbocycles. The van der Waals surface area contributed by atoms with Gasteiger partial charge in [-0.05, 0) is 63.2 Å². The Morgan fingerprint density at radius 2 is 1.79 bits per heavy atom. The number of hydrogen-bond acceptors (Lipinski definition) is 4. The summed E-state index contributed by atoms with van der Waals surface area (Å²) < 4.78 is 18.4. The third kappa shape index (κ3) is 3.99. The minimum Gasteiger partial charge on any atom is -0.497 e. The first-order valence-corrected chi connectivity index (χ1v) is 9.23. The van der Waals surface area contributed by atoms with Gasteiger partial charge in [0.15, 0.2) is 0 Å². The van der Waals surface area contributed by atoms with Gasteiger partial charge in [0.05, 0.1) is 19.2 Å². The summed E-state index contributed by atoms with van der Waals surface area (Å²) in [6.07, 6.45) is -0.136. The molecule has 0 aliphatic carbocycles. The lowest BCUT2D eigenvalue weighted by Gasteiger charge is -2.39. The molecule has 1 saturated heterocycles. The number of carbonyl (C=O) groups excluding carboxylic acids is 3. The number of imide groups is 1. The molecule has 1 atom stereocenters. The molecule has 2 aromatic rings. The van der Waals surface area contributed by atoms with Crippen LogP contribution >= 0.6 is 0 Å². The molecule has 1 heterocycles. The van der Waals surface area contributed by atoms with E-state index in [1.165, 1.54) is 36.3 Å². The van der Waals surface area contributed by atoms with Gasteiger partial charge in [-0.25, -0.2) is 9.29 Å². The molecule has 0 N–H and O–H groups in total. The summed E-state index contributed by atoms with van der Waals surface area (Å²) >= 11 is 0. The maximum Gasteiger partial charge on any atom is 0.257 e. The fraction of sp³-hybridized carbons (Fsp3) is 0.318. The van der Waals surface area contributed by atoms with E-state index in [9.17, 15) is 18.8 Å². The van der Waals surface area contributed by atoms with E-state index in [0.717, 1.165) is 4.90 Å². The van der Waals surface area contributed by atoms with Crippen molar-refractivity contribution in [1.82, 2.24) is 4.90 Å². The highest BCUT2D eigenvalue weighted by Crippen LogP contribution is 2.31. The van der Waals surface area contributed by atoms with E-state index in [1.807, 2.05) is 20.8 Å². The van der Waals surface area contributed by atoms with Crippen LogP contribution in [0.5, 0.6) is 5.75 Å². The van der Waals surface area contributed by atoms with Crippen molar-refractivity contribution in [1.29, 1.82) is 0 Å². The third-order valence-corrected chi connectivity index (χ3v) is 4.78. The lowest BCUT2D eigenvalue weighted by Crippen LogP contribution is -2.54. The standard InChI is InChI=1S/C22H23FN2O4/c1-22(2,3)25(20(27)14-6-5-7-17(12-14)29-4)18-13-19(26)24(21(18)28)16-10-8-15(23)9-11-16/h5-12,18H,13H2,1-4H3. The Hall–Kier alpha value is -3.22. The number of ether oxygens (including phenoxy) is 1. The molecule has 6 nitrogen and oxygen atoms in total. The van der Waals surface area contributed by atoms with E-state index in [4.69, 9.17) is 4.74 Å². The van der Waals surface area contributed by atoms with Crippen LogP contribution in [0, 0.1) is 5.82 Å². The topological polar surface area (TPSA) is 66.9 Å². The Morgan fingerprint density at radius 1 is 1.14 bits per heavy atom. The van der Waals surface area contributed by atoms with Crippen molar-refractivity contribution in [3.63, 3.8) is 0 Å². The van der Waals surface area contributed by atoms with Crippen molar-refractivity contribution < 1.29 is 23.5 Å². The van der Waals surface area contributed by atoms with Gasteiger partial charge in [0.1, 0.15) is 17.6 Å². The van der Waals surface area contributed by atoms with Crippen molar-refractivity contribution in [2.45, 2.75) is 38.8 Å². The van der Waals surface area contributed by atoms with E-state index in [2.05, 4.69) is 0 Å². The number of methoxy groups -OCH3 is 1. The van der Waals surface area contributed by atoms with E-state index >= 15 is 0 Å². The van der Waals surface area contributed by atoms with Gasteiger partial charge in [-0.1, -0.05) is 6.07 Å². The first-order chi connectivity index (χ1) is 13.6. The average Bonchev–Trinajstić information content (AvgIpc) is 2.95. The van der Waals surface area contributed by atoms with Crippen molar-refractivity contribution in [2.75, 3.05) is 12.0 Å². The highest BCUT2D eigenvalue weighted by Gasteiger charge is 2.47. The van der Waals surface area contributed by atoms with Crippen LogP contribution in [0.1, 0.15) is 37.6 Å². The summed E-state index contributed by atoms with van der Waals surface area (Å²) in [7, 11) is 1.50. The monoisotopic (exact) mass is 398 g/mol. The number of nitrogens with zero attached hydrogens (tertiary/aromatic N) is 2. The number of benzene rings is 2. The Bertz CT molecular complexity index is 950. The smallest absolute Gasteiger partial charge is 0.257 e. The third-order valence-electron chi connectivity index (χ3n) is 4.78. The molecule has 0 aromatic heterocycles. The maximum atomic E-state index is 13.3. The number of anilines is 1. The lowest BCUT2D eigenvalue weighted by atomic mass is 9.99. The molecule has 152 valence electrons. The van der Waals surface area contributed by atoms with Gasteiger partial charge in [-0.15, -0.1) is 0 Å². The molecular weight excluding hydrogens is 375 g/mol. The van der Waals surface area contributed by atoms with Crippen LogP contribution in [0.15, 0.2) is 48.5 Å². The van der Waals surface area contributed by atoms with Gasteiger partial charge in [0.25, 0.3) is 11.8 Å². The second kappa shape index (κ2) is 7.66. The number of halogens is 1. The molecule has 29 heavy (non-hydrogen) atoms. The van der Waals surface area contributed by atoms with Gasteiger partial charge in [-0.2, -0.15) is 0 Å². The van der Waals surface area contributed by atoms with Crippen LogP contribution in [0.3, 0.4) is 0 Å². The first-order valence-electron chi connectivity index (χ1n) is 9.23. The van der Waals surface area contributed by atoms with Crippen LogP contribution in [0.2, 0.25) is 0 Å². The molecule has 0 saturated carbocycles. The highest BCUT2D eigenvalue weighted by molar-refractivity contribution is 6.23. The summed E-state index contributed by atoms with van der Waals surface area (Å²) in [4.78, 5) is 41.5. The molecule has 7 heteroatoms. The van der Waals surface area contributed by atoms with E-state index in [-0.39, 0.29) is 18.0 Å². The average molecular weight is 398 g/mol. The molecule has 3 rings (SSSR count). The van der Waals surface area contributed by atoms with Crippen LogP contribution in [0.25, 0.3) is 0 Å². The van der Waals surface area contributed by atoms with Crippen LogP contribution < -0.4 is 9.64 Å². The van der Waals surface area contributed by atoms with Gasteiger partial charge in [0.2, 0.25) is 5.91 Å². The zero-order valence-corrected chi connectivity index (χ0v) is 16.8. The van der Waals surface area contributed by atoms with Crippen molar-refractivity contribution in [3.8, 4) is 5.75 Å². The molecule has 1 fully saturated rings. The predicted octanol–water partition coefficient (Wildman–Crippen LogP) is 3.41. The Morgan fingerprint density at radius 3 is 2.38 bits per heavy atom. The zero-order valence-electron chi connectivity index (χ0n) is 16.8. The lowest BCUT2D eigenvalue weighted by molar-refractivity contribution is -0.123. The Kier molecular flexibility index (Phi) is 5.42. The van der Waals surface area contributed by atoms with E-state index in [1.54, 1.807) is 24.3 Å². The number of hydrogen-bond donors (Lipinski definition) is 0. The molecule has 0 bridgehead atoms. The maximum absolute atomic E-state index is 13.3. The SMILES string of the molecule is COc1cccc(C(=O)N(C2CC(=O)N(c3ccc(F)cc3)C2=O)C(C)(C)C)c1. The van der Waals surface area contributed by atoms with Gasteiger partial charge in [-0.3, -0.25) is 14.4 Å². The molecule has 1 aliphatic rings. The second-order valence-electron chi connectivity index (χ2n) is 7.84. The Balaban J connectivity index is 1.97. The molecular formula is C22H23FN2O4. The summed E-state index contributed by atoms with van der Waals surface area (Å²) in [6, 6.07) is 10.8. The fourth-order valence-electron chi connectivity index (χ4n) is 3.49. The van der Waals surface area contributed by atoms with Crippen LogP contribution in [0.4, 0.5) is 10.1 Å². The molecule has 0 radical (unpaired) electrons. The van der Waals surface area contributed by atoms with E-state index < -0.39 is 29.2 Å². The zero-order chi connectivity index (χ0) is 21.3. The van der Waals surface area contributed by atoms with Crippen molar-refractivity contribution in [2.24, 2.45) is 0 Å². The number of carbonyl (C=O) groups is 3. The second-order valence-corrected chi connectivity index (χ2v) is 7.84. The highest BCUT2D eigenvalue weighted by atomic mass is 19.1.